The lowest BCUT2D eigenvalue weighted by Crippen LogP contribution is -2.11. The molecule has 0 amide bonds. The van der Waals surface area contributed by atoms with Crippen LogP contribution in [0.3, 0.4) is 0 Å². The van der Waals surface area contributed by atoms with Gasteiger partial charge in [-0.3, -0.25) is 0 Å². The predicted octanol–water partition coefficient (Wildman–Crippen LogP) is 2.55. The maximum absolute atomic E-state index is 9.04. The van der Waals surface area contributed by atoms with E-state index in [0.29, 0.717) is 28.9 Å². The largest absolute Gasteiger partial charge is 0.368 e. The molecule has 2 N–H and O–H groups in total. The summed E-state index contributed by atoms with van der Waals surface area (Å²) in [5, 5.41) is 23.0. The molecule has 20 heavy (non-hydrogen) atoms. The van der Waals surface area contributed by atoms with Crippen LogP contribution in [0.15, 0.2) is 30.5 Å². The molecule has 2 rings (SSSR count). The van der Waals surface area contributed by atoms with E-state index >= 15 is 0 Å². The van der Waals surface area contributed by atoms with Gasteiger partial charge in [0.15, 0.2) is 5.82 Å². The number of nitrogens with one attached hydrogen (secondary N) is 2. The van der Waals surface area contributed by atoms with Gasteiger partial charge in [-0.15, -0.1) is 5.10 Å². The van der Waals surface area contributed by atoms with Crippen molar-refractivity contribution in [3.63, 3.8) is 0 Å². The molecule has 1 aromatic heterocycles. The van der Waals surface area contributed by atoms with Crippen LogP contribution in [0.1, 0.15) is 19.4 Å². The number of nitriles is 1. The molecule has 0 fully saturated rings. The lowest BCUT2D eigenvalue weighted by Gasteiger charge is -2.09. The van der Waals surface area contributed by atoms with Gasteiger partial charge in [0.25, 0.3) is 0 Å². The van der Waals surface area contributed by atoms with Crippen LogP contribution >= 0.6 is 0 Å². The number of para-hydroxylation sites is 1. The number of hydrogen-bond acceptors (Lipinski definition) is 6. The first-order valence-electron chi connectivity index (χ1n) is 6.39. The second-order valence-corrected chi connectivity index (χ2v) is 4.72. The first-order valence-corrected chi connectivity index (χ1v) is 6.39. The molecule has 0 saturated carbocycles. The highest BCUT2D eigenvalue weighted by atomic mass is 15.3. The Labute approximate surface area is 117 Å². The van der Waals surface area contributed by atoms with Crippen molar-refractivity contribution in [1.82, 2.24) is 15.2 Å². The molecule has 102 valence electrons. The van der Waals surface area contributed by atoms with Crippen molar-refractivity contribution in [2.24, 2.45) is 5.92 Å². The number of nitrogens with zero attached hydrogens (tertiary/aromatic N) is 4. The van der Waals surface area contributed by atoms with Crippen LogP contribution in [0.25, 0.3) is 0 Å². The Balaban J connectivity index is 2.14. The highest BCUT2D eigenvalue weighted by Gasteiger charge is 2.05. The van der Waals surface area contributed by atoms with Crippen molar-refractivity contribution in [2.75, 3.05) is 17.2 Å². The lowest BCUT2D eigenvalue weighted by molar-refractivity contribution is 0.686. The fourth-order valence-electron chi connectivity index (χ4n) is 1.56. The predicted molar refractivity (Wildman–Crippen MR) is 77.6 cm³/mol. The van der Waals surface area contributed by atoms with Crippen LogP contribution in [0, 0.1) is 17.2 Å². The van der Waals surface area contributed by atoms with Gasteiger partial charge in [0, 0.05) is 6.54 Å². The van der Waals surface area contributed by atoms with Crippen molar-refractivity contribution >= 4 is 17.5 Å². The van der Waals surface area contributed by atoms with E-state index in [4.69, 9.17) is 5.26 Å². The van der Waals surface area contributed by atoms with E-state index in [2.05, 4.69) is 45.7 Å². The average Bonchev–Trinajstić information content (AvgIpc) is 2.46. The minimum absolute atomic E-state index is 0.362. The number of aromatic nitrogens is 3. The first-order chi connectivity index (χ1) is 9.69. The van der Waals surface area contributed by atoms with Crippen LogP contribution in [0.2, 0.25) is 0 Å². The minimum Gasteiger partial charge on any atom is -0.368 e. The Bertz CT molecular complexity index is 617. The van der Waals surface area contributed by atoms with E-state index in [1.54, 1.807) is 18.3 Å². The molecule has 0 unspecified atom stereocenters. The summed E-state index contributed by atoms with van der Waals surface area (Å²) >= 11 is 0. The smallest absolute Gasteiger partial charge is 0.249 e. The maximum atomic E-state index is 9.04. The monoisotopic (exact) mass is 268 g/mol. The summed E-state index contributed by atoms with van der Waals surface area (Å²) in [6.07, 6.45) is 1.57. The third kappa shape index (κ3) is 3.65. The lowest BCUT2D eigenvalue weighted by atomic mass is 10.2. The van der Waals surface area contributed by atoms with Crippen LogP contribution in [0.5, 0.6) is 0 Å². The fraction of sp³-hybridized carbons (Fsp3) is 0.286. The van der Waals surface area contributed by atoms with E-state index in [0.717, 1.165) is 6.54 Å². The molecular weight excluding hydrogens is 252 g/mol. The standard InChI is InChI=1S/C14H16N6/c1-10(2)8-16-13-9-17-20-14(19-13)18-12-6-4-3-5-11(12)7-15/h3-6,9-10H,8H2,1-2H3,(H2,16,18,19,20). The van der Waals surface area contributed by atoms with Crippen LogP contribution in [-0.2, 0) is 0 Å². The Hall–Kier alpha value is -2.68. The van der Waals surface area contributed by atoms with E-state index in [9.17, 15) is 0 Å². The average molecular weight is 268 g/mol. The molecule has 0 bridgehead atoms. The van der Waals surface area contributed by atoms with E-state index in [-0.39, 0.29) is 0 Å². The quantitative estimate of drug-likeness (QED) is 0.866. The molecule has 0 aliphatic rings. The summed E-state index contributed by atoms with van der Waals surface area (Å²) in [7, 11) is 0. The van der Waals surface area contributed by atoms with Gasteiger partial charge < -0.3 is 10.6 Å². The van der Waals surface area contributed by atoms with Crippen LogP contribution in [0.4, 0.5) is 17.5 Å². The number of benzene rings is 1. The Morgan fingerprint density at radius 1 is 1.30 bits per heavy atom. The zero-order valence-electron chi connectivity index (χ0n) is 11.5. The van der Waals surface area contributed by atoms with E-state index in [1.807, 2.05) is 12.1 Å². The number of anilines is 3. The molecule has 6 nitrogen and oxygen atoms in total. The Kier molecular flexibility index (Phi) is 4.45. The van der Waals surface area contributed by atoms with Crippen LogP contribution in [-0.4, -0.2) is 21.7 Å². The summed E-state index contributed by atoms with van der Waals surface area (Å²) < 4.78 is 0. The van der Waals surface area contributed by atoms with Gasteiger partial charge in [-0.2, -0.15) is 15.3 Å². The van der Waals surface area contributed by atoms with Crippen molar-refractivity contribution in [3.05, 3.63) is 36.0 Å². The number of rotatable bonds is 5. The molecule has 1 heterocycles. The molecule has 2 aromatic rings. The van der Waals surface area contributed by atoms with Gasteiger partial charge >= 0.3 is 0 Å². The highest BCUT2D eigenvalue weighted by molar-refractivity contribution is 5.62. The van der Waals surface area contributed by atoms with Gasteiger partial charge in [0.2, 0.25) is 5.95 Å². The summed E-state index contributed by atoms with van der Waals surface area (Å²) in [6, 6.07) is 9.30. The molecule has 1 aromatic carbocycles. The summed E-state index contributed by atoms with van der Waals surface area (Å²) in [5.41, 5.74) is 1.20. The van der Waals surface area contributed by atoms with Crippen molar-refractivity contribution < 1.29 is 0 Å². The van der Waals surface area contributed by atoms with Gasteiger partial charge in [-0.25, -0.2) is 0 Å². The minimum atomic E-state index is 0.362. The molecule has 6 heteroatoms. The summed E-state index contributed by atoms with van der Waals surface area (Å²) in [5.74, 6) is 1.53. The summed E-state index contributed by atoms with van der Waals surface area (Å²) in [4.78, 5) is 4.31. The van der Waals surface area contributed by atoms with Gasteiger partial charge in [-0.1, -0.05) is 26.0 Å². The molecule has 0 aliphatic carbocycles. The molecule has 0 saturated heterocycles. The third-order valence-corrected chi connectivity index (χ3v) is 2.54. The van der Waals surface area contributed by atoms with E-state index in [1.165, 1.54) is 0 Å². The molecular formula is C14H16N6. The van der Waals surface area contributed by atoms with E-state index < -0.39 is 0 Å². The SMILES string of the molecule is CC(C)CNc1cnnc(Nc2ccccc2C#N)n1. The molecule has 0 radical (unpaired) electrons. The summed E-state index contributed by atoms with van der Waals surface area (Å²) in [6.45, 7) is 5.04. The highest BCUT2D eigenvalue weighted by Crippen LogP contribution is 2.17. The third-order valence-electron chi connectivity index (χ3n) is 2.54. The molecule has 0 spiro atoms. The Morgan fingerprint density at radius 3 is 2.85 bits per heavy atom. The zero-order chi connectivity index (χ0) is 14.4. The van der Waals surface area contributed by atoms with Crippen molar-refractivity contribution in [1.29, 1.82) is 5.26 Å². The zero-order valence-corrected chi connectivity index (χ0v) is 11.5. The molecule has 0 aliphatic heterocycles. The Morgan fingerprint density at radius 2 is 2.10 bits per heavy atom. The second kappa shape index (κ2) is 6.48. The van der Waals surface area contributed by atoms with Crippen molar-refractivity contribution in [3.8, 4) is 6.07 Å². The molecule has 0 atom stereocenters. The normalized spacial score (nSPS) is 10.1. The van der Waals surface area contributed by atoms with Gasteiger partial charge in [-0.05, 0) is 18.1 Å². The topological polar surface area (TPSA) is 86.5 Å². The van der Waals surface area contributed by atoms with Crippen LogP contribution < -0.4 is 10.6 Å². The fourth-order valence-corrected chi connectivity index (χ4v) is 1.56. The van der Waals surface area contributed by atoms with Crippen molar-refractivity contribution in [2.45, 2.75) is 13.8 Å². The first kappa shape index (κ1) is 13.7. The second-order valence-electron chi connectivity index (χ2n) is 4.72. The maximum Gasteiger partial charge on any atom is 0.249 e. The van der Waals surface area contributed by atoms with Gasteiger partial charge in [0.05, 0.1) is 17.4 Å². The van der Waals surface area contributed by atoms with Gasteiger partial charge in [0.1, 0.15) is 6.07 Å². The number of hydrogen-bond donors (Lipinski definition) is 2.